The second-order valence-corrected chi connectivity index (χ2v) is 2.42. The van der Waals surface area contributed by atoms with Gasteiger partial charge in [-0.1, -0.05) is 6.07 Å². The van der Waals surface area contributed by atoms with E-state index in [0.717, 1.165) is 5.69 Å². The van der Waals surface area contributed by atoms with Gasteiger partial charge in [-0.25, -0.2) is 0 Å². The Labute approximate surface area is 63.3 Å². The Morgan fingerprint density at radius 3 is 3.00 bits per heavy atom. The van der Waals surface area contributed by atoms with Gasteiger partial charge in [-0.15, -0.1) is 10.9 Å². The summed E-state index contributed by atoms with van der Waals surface area (Å²) in [4.78, 5) is 4.06. The standard InChI is InChI=1S/C7H8N2S/c8-6-10-5-7-3-1-2-4-9-7/h1-6H,8H2. The molecule has 2 nitrogen and oxygen atoms in total. The van der Waals surface area contributed by atoms with Gasteiger partial charge in [0.05, 0.1) is 5.69 Å². The minimum atomic E-state index is 0.939. The topological polar surface area (TPSA) is 38.9 Å². The number of pyridine rings is 1. The van der Waals surface area contributed by atoms with Crippen LogP contribution in [0.4, 0.5) is 0 Å². The lowest BCUT2D eigenvalue weighted by Gasteiger charge is -1.84. The van der Waals surface area contributed by atoms with Crippen molar-refractivity contribution in [3.63, 3.8) is 0 Å². The molecule has 1 aromatic heterocycles. The van der Waals surface area contributed by atoms with Crippen LogP contribution in [-0.2, 0) is 0 Å². The molecule has 1 rings (SSSR count). The number of nitrogens with two attached hydrogens (primary N) is 1. The van der Waals surface area contributed by atoms with Crippen LogP contribution in [0.2, 0.25) is 0 Å². The zero-order valence-corrected chi connectivity index (χ0v) is 6.21. The predicted octanol–water partition coefficient (Wildman–Crippen LogP) is 0.684. The third-order valence-electron chi connectivity index (χ3n) is 0.955. The summed E-state index contributed by atoms with van der Waals surface area (Å²) in [6.07, 6.45) is 1.75. The van der Waals surface area contributed by atoms with Crippen LogP contribution in [0, 0.1) is 0 Å². The van der Waals surface area contributed by atoms with Crippen molar-refractivity contribution in [2.75, 3.05) is 0 Å². The summed E-state index contributed by atoms with van der Waals surface area (Å²) in [7, 11) is 1.43. The molecule has 0 bridgehead atoms. The summed E-state index contributed by atoms with van der Waals surface area (Å²) in [6, 6.07) is 5.75. The normalized spacial score (nSPS) is 8.50. The van der Waals surface area contributed by atoms with Gasteiger partial charge < -0.3 is 5.73 Å². The number of hydrogen-bond acceptors (Lipinski definition) is 1. The van der Waals surface area contributed by atoms with E-state index in [1.807, 2.05) is 23.6 Å². The van der Waals surface area contributed by atoms with E-state index in [1.54, 1.807) is 6.20 Å². The first kappa shape index (κ1) is 7.18. The van der Waals surface area contributed by atoms with Crippen LogP contribution in [0.3, 0.4) is 0 Å². The summed E-state index contributed by atoms with van der Waals surface area (Å²) in [6.45, 7) is 0. The van der Waals surface area contributed by atoms with Crippen LogP contribution in [0.5, 0.6) is 0 Å². The molecule has 0 amide bonds. The fraction of sp³-hybridized carbons (Fsp3) is 0. The summed E-state index contributed by atoms with van der Waals surface area (Å²) in [5.74, 6) is 0. The Hall–Kier alpha value is -0.930. The zero-order valence-electron chi connectivity index (χ0n) is 5.40. The van der Waals surface area contributed by atoms with E-state index in [-0.39, 0.29) is 0 Å². The van der Waals surface area contributed by atoms with Crippen molar-refractivity contribution in [3.05, 3.63) is 30.1 Å². The van der Waals surface area contributed by atoms with Crippen LogP contribution in [0.1, 0.15) is 5.69 Å². The highest BCUT2D eigenvalue weighted by Gasteiger charge is 1.79. The second kappa shape index (κ2) is 3.98. The third-order valence-corrected chi connectivity index (χ3v) is 1.49. The molecule has 10 heavy (non-hydrogen) atoms. The molecule has 0 unspecified atom stereocenters. The maximum atomic E-state index is 5.16. The van der Waals surface area contributed by atoms with E-state index < -0.39 is 0 Å². The predicted molar refractivity (Wildman–Crippen MR) is 47.2 cm³/mol. The van der Waals surface area contributed by atoms with E-state index in [2.05, 4.69) is 4.98 Å². The average Bonchev–Trinajstić information content (AvgIpc) is 2.03. The largest absolute Gasteiger partial charge is 0.300 e. The number of hydrogen-bond donors (Lipinski definition) is 1. The van der Waals surface area contributed by atoms with Crippen molar-refractivity contribution >= 4 is 21.8 Å². The quantitative estimate of drug-likeness (QED) is 0.601. The van der Waals surface area contributed by atoms with Crippen LogP contribution in [-0.4, -0.2) is 15.8 Å². The molecule has 0 saturated carbocycles. The highest BCUT2D eigenvalue weighted by molar-refractivity contribution is 7.96. The Morgan fingerprint density at radius 2 is 2.40 bits per heavy atom. The molecule has 0 atom stereocenters. The van der Waals surface area contributed by atoms with Crippen LogP contribution >= 0.6 is 10.9 Å². The zero-order chi connectivity index (χ0) is 7.23. The maximum absolute atomic E-state index is 5.16. The lowest BCUT2D eigenvalue weighted by Crippen LogP contribution is -1.85. The van der Waals surface area contributed by atoms with Gasteiger partial charge in [0.1, 0.15) is 0 Å². The maximum Gasteiger partial charge on any atom is 0.0728 e. The minimum absolute atomic E-state index is 0.939. The number of nitrogens with zero attached hydrogens (tertiary/aromatic N) is 1. The van der Waals surface area contributed by atoms with E-state index in [1.165, 1.54) is 16.4 Å². The van der Waals surface area contributed by atoms with Gasteiger partial charge in [0, 0.05) is 17.1 Å². The molecule has 0 aliphatic rings. The van der Waals surface area contributed by atoms with Gasteiger partial charge in [0.15, 0.2) is 0 Å². The molecule has 0 aromatic carbocycles. The molecule has 0 saturated heterocycles. The highest BCUT2D eigenvalue weighted by atomic mass is 32.1. The molecule has 1 aromatic rings. The molecule has 3 heteroatoms. The van der Waals surface area contributed by atoms with E-state index in [4.69, 9.17) is 5.73 Å². The van der Waals surface area contributed by atoms with Crippen molar-refractivity contribution in [3.8, 4) is 0 Å². The monoisotopic (exact) mass is 152 g/mol. The van der Waals surface area contributed by atoms with Gasteiger partial charge in [-0.3, -0.25) is 4.98 Å². The summed E-state index contributed by atoms with van der Waals surface area (Å²) >= 11 is 0. The number of aromatic nitrogens is 1. The first-order chi connectivity index (χ1) is 4.93. The molecular formula is C7H8N2S. The Kier molecular flexibility index (Phi) is 2.86. The van der Waals surface area contributed by atoms with Gasteiger partial charge in [-0.2, -0.15) is 0 Å². The van der Waals surface area contributed by atoms with Crippen LogP contribution in [0.15, 0.2) is 24.4 Å². The molecule has 0 aliphatic heterocycles. The lowest BCUT2D eigenvalue weighted by atomic mass is 10.4. The Balaban J connectivity index is 2.87. The van der Waals surface area contributed by atoms with Gasteiger partial charge >= 0.3 is 0 Å². The molecule has 0 spiro atoms. The van der Waals surface area contributed by atoms with Gasteiger partial charge in [-0.05, 0) is 12.1 Å². The fourth-order valence-corrected chi connectivity index (χ4v) is 0.912. The molecule has 2 N–H and O–H groups in total. The summed E-state index contributed by atoms with van der Waals surface area (Å²) in [5.41, 5.74) is 7.62. The highest BCUT2D eigenvalue weighted by Crippen LogP contribution is 1.87. The third kappa shape index (κ3) is 2.13. The molecule has 0 radical (unpaired) electrons. The molecular weight excluding hydrogens is 144 g/mol. The molecule has 1 heterocycles. The SMILES string of the molecule is NC=S=Cc1ccccn1. The van der Waals surface area contributed by atoms with E-state index in [9.17, 15) is 0 Å². The fourth-order valence-electron chi connectivity index (χ4n) is 0.555. The van der Waals surface area contributed by atoms with Gasteiger partial charge in [0.25, 0.3) is 0 Å². The van der Waals surface area contributed by atoms with Crippen molar-refractivity contribution in [1.29, 1.82) is 0 Å². The van der Waals surface area contributed by atoms with Crippen molar-refractivity contribution in [1.82, 2.24) is 4.98 Å². The van der Waals surface area contributed by atoms with E-state index in [0.29, 0.717) is 0 Å². The second-order valence-electron chi connectivity index (χ2n) is 1.64. The van der Waals surface area contributed by atoms with Crippen LogP contribution in [0.25, 0.3) is 0 Å². The smallest absolute Gasteiger partial charge is 0.0728 e. The Morgan fingerprint density at radius 1 is 1.50 bits per heavy atom. The first-order valence-electron chi connectivity index (χ1n) is 2.86. The van der Waals surface area contributed by atoms with E-state index >= 15 is 0 Å². The number of rotatable bonds is 1. The molecule has 52 valence electrons. The minimum Gasteiger partial charge on any atom is -0.300 e. The van der Waals surface area contributed by atoms with Gasteiger partial charge in [0.2, 0.25) is 0 Å². The van der Waals surface area contributed by atoms with Crippen molar-refractivity contribution < 1.29 is 0 Å². The summed E-state index contributed by atoms with van der Waals surface area (Å²) in [5, 5.41) is 1.89. The van der Waals surface area contributed by atoms with Crippen molar-refractivity contribution in [2.24, 2.45) is 5.73 Å². The van der Waals surface area contributed by atoms with Crippen LogP contribution < -0.4 is 5.73 Å². The average molecular weight is 152 g/mol. The summed E-state index contributed by atoms with van der Waals surface area (Å²) < 4.78 is 0. The molecule has 0 fully saturated rings. The lowest BCUT2D eigenvalue weighted by molar-refractivity contribution is 1.31. The van der Waals surface area contributed by atoms with Crippen molar-refractivity contribution in [2.45, 2.75) is 0 Å². The molecule has 0 aliphatic carbocycles. The Bertz CT molecular complexity index is 250. The first-order valence-corrected chi connectivity index (χ1v) is 3.81.